The molecule has 12 heavy (non-hydrogen) atoms. The molecule has 0 aromatic rings. The van der Waals surface area contributed by atoms with Gasteiger partial charge in [0.05, 0.1) is 12.5 Å². The van der Waals surface area contributed by atoms with Crippen molar-refractivity contribution in [2.45, 2.75) is 20.3 Å². The minimum absolute atomic E-state index is 0.0931. The first kappa shape index (κ1) is 10.8. The fourth-order valence-electron chi connectivity index (χ4n) is 0.519. The molecule has 0 N–H and O–H groups in total. The van der Waals surface area contributed by atoms with Gasteiger partial charge in [0.2, 0.25) is 0 Å². The van der Waals surface area contributed by atoms with Gasteiger partial charge in [-0.2, -0.15) is 0 Å². The van der Waals surface area contributed by atoms with E-state index in [9.17, 15) is 4.79 Å². The van der Waals surface area contributed by atoms with Crippen LogP contribution in [0.15, 0.2) is 5.11 Å². The highest BCUT2D eigenvalue weighted by atomic mass is 16.5. The first-order valence-electron chi connectivity index (χ1n) is 3.86. The molecule has 5 nitrogen and oxygen atoms in total. The number of carbonyl (C=O) groups is 1. The van der Waals surface area contributed by atoms with Crippen molar-refractivity contribution in [1.82, 2.24) is 0 Å². The third-order valence-corrected chi connectivity index (χ3v) is 1.18. The molecule has 0 aromatic carbocycles. The van der Waals surface area contributed by atoms with E-state index in [0.717, 1.165) is 0 Å². The molecule has 0 fully saturated rings. The lowest BCUT2D eigenvalue weighted by molar-refractivity contribution is -0.147. The second kappa shape index (κ2) is 6.49. The summed E-state index contributed by atoms with van der Waals surface area (Å²) in [6.07, 6.45) is 0.586. The minimum Gasteiger partial charge on any atom is -0.465 e. The molecule has 0 aromatic heterocycles. The second-order valence-electron chi connectivity index (χ2n) is 2.63. The van der Waals surface area contributed by atoms with Gasteiger partial charge in [0, 0.05) is 11.5 Å². The Morgan fingerprint density at radius 1 is 1.67 bits per heavy atom. The summed E-state index contributed by atoms with van der Waals surface area (Å²) in [5, 5.41) is 3.30. The molecule has 0 radical (unpaired) electrons. The fraction of sp³-hybridized carbons (Fsp3) is 0.857. The first-order valence-corrected chi connectivity index (χ1v) is 3.86. The lowest BCUT2D eigenvalue weighted by Crippen LogP contribution is -2.12. The van der Waals surface area contributed by atoms with Crippen LogP contribution in [0.1, 0.15) is 20.3 Å². The maximum Gasteiger partial charge on any atom is 0.308 e. The lowest BCUT2D eigenvalue weighted by atomic mass is 10.2. The smallest absolute Gasteiger partial charge is 0.308 e. The van der Waals surface area contributed by atoms with Gasteiger partial charge in [-0.25, -0.2) is 0 Å². The Hall–Kier alpha value is -1.22. The second-order valence-corrected chi connectivity index (χ2v) is 2.63. The number of hydrogen-bond acceptors (Lipinski definition) is 3. The molecular formula is C7H13N3O2. The van der Waals surface area contributed by atoms with Crippen molar-refractivity contribution in [3.05, 3.63) is 10.4 Å². The van der Waals surface area contributed by atoms with Gasteiger partial charge in [-0.15, -0.1) is 0 Å². The number of azide groups is 1. The van der Waals surface area contributed by atoms with E-state index in [2.05, 4.69) is 10.0 Å². The van der Waals surface area contributed by atoms with E-state index in [-0.39, 0.29) is 11.9 Å². The van der Waals surface area contributed by atoms with Crippen LogP contribution in [0.4, 0.5) is 0 Å². The average Bonchev–Trinajstić information content (AvgIpc) is 2.03. The van der Waals surface area contributed by atoms with Gasteiger partial charge in [-0.05, 0) is 12.0 Å². The molecule has 0 bridgehead atoms. The minimum atomic E-state index is -0.212. The number of carbonyl (C=O) groups excluding carboxylic acids is 1. The van der Waals surface area contributed by atoms with E-state index >= 15 is 0 Å². The molecule has 0 saturated carbocycles. The molecule has 0 amide bonds. The van der Waals surface area contributed by atoms with Crippen molar-refractivity contribution in [1.29, 1.82) is 0 Å². The van der Waals surface area contributed by atoms with Gasteiger partial charge >= 0.3 is 5.97 Å². The predicted octanol–water partition coefficient (Wildman–Crippen LogP) is 1.89. The van der Waals surface area contributed by atoms with Gasteiger partial charge in [0.25, 0.3) is 0 Å². The summed E-state index contributed by atoms with van der Waals surface area (Å²) in [4.78, 5) is 13.4. The van der Waals surface area contributed by atoms with Crippen LogP contribution in [0.25, 0.3) is 10.4 Å². The first-order chi connectivity index (χ1) is 5.68. The van der Waals surface area contributed by atoms with Crippen molar-refractivity contribution < 1.29 is 9.53 Å². The van der Waals surface area contributed by atoms with E-state index in [1.54, 1.807) is 13.8 Å². The summed E-state index contributed by atoms with van der Waals surface area (Å²) < 4.78 is 4.83. The maximum atomic E-state index is 10.8. The number of nitrogens with zero attached hydrogens (tertiary/aromatic N) is 3. The zero-order valence-corrected chi connectivity index (χ0v) is 7.36. The number of ether oxygens (including phenoxy) is 1. The topological polar surface area (TPSA) is 75.1 Å². The number of hydrogen-bond donors (Lipinski definition) is 0. The Bertz CT molecular complexity index is 185. The summed E-state index contributed by atoms with van der Waals surface area (Å²) in [5.41, 5.74) is 7.91. The Balaban J connectivity index is 3.31. The third-order valence-electron chi connectivity index (χ3n) is 1.18. The van der Waals surface area contributed by atoms with Gasteiger partial charge in [0.15, 0.2) is 0 Å². The third kappa shape index (κ3) is 5.56. The summed E-state index contributed by atoms with van der Waals surface area (Å²) in [5.74, 6) is -0.305. The van der Waals surface area contributed by atoms with Crippen LogP contribution in [0.3, 0.4) is 0 Å². The zero-order valence-electron chi connectivity index (χ0n) is 7.36. The monoisotopic (exact) mass is 171 g/mol. The van der Waals surface area contributed by atoms with Crippen LogP contribution in [-0.2, 0) is 9.53 Å². The molecule has 0 unspecified atom stereocenters. The van der Waals surface area contributed by atoms with Gasteiger partial charge in [-0.1, -0.05) is 19.0 Å². The molecular weight excluding hydrogens is 158 g/mol. The molecule has 0 heterocycles. The van der Waals surface area contributed by atoms with Gasteiger partial charge < -0.3 is 4.74 Å². The fourth-order valence-corrected chi connectivity index (χ4v) is 0.519. The highest BCUT2D eigenvalue weighted by Gasteiger charge is 2.06. The summed E-state index contributed by atoms with van der Waals surface area (Å²) in [6, 6.07) is 0. The van der Waals surface area contributed by atoms with E-state index in [1.807, 2.05) is 0 Å². The van der Waals surface area contributed by atoms with Crippen LogP contribution in [0.2, 0.25) is 0 Å². The van der Waals surface area contributed by atoms with Crippen molar-refractivity contribution in [3.63, 3.8) is 0 Å². The lowest BCUT2D eigenvalue weighted by Gasteiger charge is -2.04. The molecule has 0 saturated heterocycles. The molecule has 0 aliphatic heterocycles. The Labute approximate surface area is 71.3 Å². The SMILES string of the molecule is CC(C)C(=O)OCCCN=[N+]=[N-]. The molecule has 0 aliphatic carbocycles. The van der Waals surface area contributed by atoms with Crippen molar-refractivity contribution >= 4 is 5.97 Å². The Morgan fingerprint density at radius 2 is 2.33 bits per heavy atom. The van der Waals surface area contributed by atoms with Crippen LogP contribution in [0, 0.1) is 5.92 Å². The molecule has 0 rings (SSSR count). The van der Waals surface area contributed by atoms with Crippen molar-refractivity contribution in [3.8, 4) is 0 Å². The predicted molar refractivity (Wildman–Crippen MR) is 44.4 cm³/mol. The van der Waals surface area contributed by atoms with Crippen LogP contribution >= 0.6 is 0 Å². The van der Waals surface area contributed by atoms with E-state index in [1.165, 1.54) is 0 Å². The molecule has 68 valence electrons. The Morgan fingerprint density at radius 3 is 2.83 bits per heavy atom. The average molecular weight is 171 g/mol. The highest BCUT2D eigenvalue weighted by Crippen LogP contribution is 1.96. The largest absolute Gasteiger partial charge is 0.465 e. The molecule has 5 heteroatoms. The summed E-state index contributed by atoms with van der Waals surface area (Å²) in [7, 11) is 0. The number of esters is 1. The van der Waals surface area contributed by atoms with E-state index in [4.69, 9.17) is 10.3 Å². The Kier molecular flexibility index (Phi) is 5.83. The van der Waals surface area contributed by atoms with Gasteiger partial charge in [0.1, 0.15) is 0 Å². The summed E-state index contributed by atoms with van der Waals surface area (Å²) >= 11 is 0. The molecule has 0 spiro atoms. The van der Waals surface area contributed by atoms with Crippen LogP contribution in [-0.4, -0.2) is 19.1 Å². The summed E-state index contributed by atoms with van der Waals surface area (Å²) in [6.45, 7) is 4.25. The standard InChI is InChI=1S/C7H13N3O2/c1-6(2)7(11)12-5-3-4-9-10-8/h6H,3-5H2,1-2H3. The molecule has 0 atom stereocenters. The van der Waals surface area contributed by atoms with Crippen LogP contribution < -0.4 is 0 Å². The molecule has 0 aliphatic rings. The van der Waals surface area contributed by atoms with Crippen LogP contribution in [0.5, 0.6) is 0 Å². The van der Waals surface area contributed by atoms with E-state index in [0.29, 0.717) is 19.6 Å². The maximum absolute atomic E-state index is 10.8. The normalized spacial score (nSPS) is 9.25. The zero-order chi connectivity index (χ0) is 9.40. The van der Waals surface area contributed by atoms with E-state index < -0.39 is 0 Å². The van der Waals surface area contributed by atoms with Crippen molar-refractivity contribution in [2.24, 2.45) is 11.0 Å². The van der Waals surface area contributed by atoms with Crippen molar-refractivity contribution in [2.75, 3.05) is 13.2 Å². The number of rotatable bonds is 5. The highest BCUT2D eigenvalue weighted by molar-refractivity contribution is 5.71. The van der Waals surface area contributed by atoms with Gasteiger partial charge in [-0.3, -0.25) is 4.79 Å². The quantitative estimate of drug-likeness (QED) is 0.208.